The molecular weight excluding hydrogens is 341 g/mol. The van der Waals surface area contributed by atoms with Crippen LogP contribution in [-0.4, -0.2) is 29.4 Å². The fourth-order valence-electron chi connectivity index (χ4n) is 3.96. The van der Waals surface area contributed by atoms with E-state index in [0.29, 0.717) is 22.7 Å². The second-order valence-electron chi connectivity index (χ2n) is 6.71. The van der Waals surface area contributed by atoms with Crippen molar-refractivity contribution in [3.63, 3.8) is 0 Å². The number of aromatic nitrogens is 2. The van der Waals surface area contributed by atoms with Crippen LogP contribution >= 0.6 is 0 Å². The van der Waals surface area contributed by atoms with Crippen molar-refractivity contribution >= 4 is 33.4 Å². The zero-order valence-electron chi connectivity index (χ0n) is 13.9. The van der Waals surface area contributed by atoms with Crippen molar-refractivity contribution in [1.29, 1.82) is 0 Å². The van der Waals surface area contributed by atoms with Crippen molar-refractivity contribution in [3.05, 3.63) is 39.0 Å². The van der Waals surface area contributed by atoms with Gasteiger partial charge < -0.3 is 14.2 Å². The fourth-order valence-corrected chi connectivity index (χ4v) is 3.96. The lowest BCUT2D eigenvalue weighted by atomic mass is 10.1. The van der Waals surface area contributed by atoms with E-state index in [1.807, 2.05) is 4.90 Å². The topological polar surface area (TPSA) is 80.5 Å². The molecule has 1 fully saturated rings. The zero-order valence-corrected chi connectivity index (χ0v) is 13.9. The molecule has 0 saturated carbocycles. The minimum Gasteiger partial charge on any atom is -0.483 e. The predicted molar refractivity (Wildman–Crippen MR) is 95.4 cm³/mol. The van der Waals surface area contributed by atoms with Crippen LogP contribution in [0.1, 0.15) is 19.3 Å². The smallest absolute Gasteiger partial charge is 0.293 e. The number of rotatable bonds is 1. The number of ether oxygens (including phenoxy) is 1. The number of hydrogen-bond acceptors (Lipinski definition) is 5. The normalized spacial score (nSPS) is 17.1. The Bertz CT molecular complexity index is 1200. The van der Waals surface area contributed by atoms with E-state index in [4.69, 9.17) is 9.26 Å². The van der Waals surface area contributed by atoms with E-state index in [-0.39, 0.29) is 23.1 Å². The molecule has 5 rings (SSSR count). The van der Waals surface area contributed by atoms with Crippen molar-refractivity contribution in [1.82, 2.24) is 9.72 Å². The van der Waals surface area contributed by atoms with E-state index in [2.05, 4.69) is 11.7 Å². The van der Waals surface area contributed by atoms with Gasteiger partial charge in [0.15, 0.2) is 17.0 Å². The molecule has 2 aliphatic rings. The lowest BCUT2D eigenvalue weighted by Crippen LogP contribution is -2.32. The number of hydrogen-bond donors (Lipinski definition) is 1. The molecule has 7 nitrogen and oxygen atoms in total. The second kappa shape index (κ2) is 5.23. The first-order valence-corrected chi connectivity index (χ1v) is 8.56. The van der Waals surface area contributed by atoms with E-state index in [1.165, 1.54) is 6.07 Å². The van der Waals surface area contributed by atoms with Crippen LogP contribution in [0, 0.1) is 5.82 Å². The van der Waals surface area contributed by atoms with Crippen molar-refractivity contribution in [2.45, 2.75) is 19.3 Å². The summed E-state index contributed by atoms with van der Waals surface area (Å²) in [6, 6.07) is 1.19. The highest BCUT2D eigenvalue weighted by Gasteiger charge is 2.31. The van der Waals surface area contributed by atoms with Crippen LogP contribution < -0.4 is 20.6 Å². The van der Waals surface area contributed by atoms with Gasteiger partial charge in [-0.15, -0.1) is 0 Å². The average molecular weight is 357 g/mol. The molecule has 4 heterocycles. The Morgan fingerprint density at radius 1 is 1.19 bits per heavy atom. The largest absolute Gasteiger partial charge is 0.483 e. The maximum atomic E-state index is 15.0. The lowest BCUT2D eigenvalue weighted by molar-refractivity contribution is 0.353. The Morgan fingerprint density at radius 3 is 2.73 bits per heavy atom. The average Bonchev–Trinajstić information content (AvgIpc) is 3.03. The highest BCUT2D eigenvalue weighted by atomic mass is 19.1. The van der Waals surface area contributed by atoms with Gasteiger partial charge >= 0.3 is 0 Å². The maximum Gasteiger partial charge on any atom is 0.293 e. The third kappa shape index (κ3) is 1.86. The number of fused-ring (bicyclic) bond motifs is 2. The Hall–Kier alpha value is -3.03. The van der Waals surface area contributed by atoms with Gasteiger partial charge in [-0.3, -0.25) is 14.2 Å². The number of H-pyrrole nitrogens is 1. The quantitative estimate of drug-likeness (QED) is 0.723. The summed E-state index contributed by atoms with van der Waals surface area (Å²) in [5.41, 5.74) is 0.116. The first-order chi connectivity index (χ1) is 12.6. The maximum absolute atomic E-state index is 15.0. The molecule has 1 N–H and O–H groups in total. The number of halogens is 1. The Labute approximate surface area is 146 Å². The molecule has 8 heteroatoms. The third-order valence-corrected chi connectivity index (χ3v) is 5.13. The molecule has 1 saturated heterocycles. The highest BCUT2D eigenvalue weighted by molar-refractivity contribution is 6.01. The first kappa shape index (κ1) is 15.2. The summed E-state index contributed by atoms with van der Waals surface area (Å²) in [6.45, 7) is 5.51. The second-order valence-corrected chi connectivity index (χ2v) is 6.71. The summed E-state index contributed by atoms with van der Waals surface area (Å²) < 4.78 is 27.6. The van der Waals surface area contributed by atoms with Crippen molar-refractivity contribution in [2.24, 2.45) is 0 Å². The molecule has 2 aliphatic heterocycles. The van der Waals surface area contributed by atoms with Gasteiger partial charge in [0.1, 0.15) is 17.8 Å². The minimum absolute atomic E-state index is 0.0817. The molecule has 0 radical (unpaired) electrons. The summed E-state index contributed by atoms with van der Waals surface area (Å²) in [7, 11) is 0. The van der Waals surface area contributed by atoms with Gasteiger partial charge in [0, 0.05) is 13.1 Å². The summed E-state index contributed by atoms with van der Waals surface area (Å²) >= 11 is 0. The van der Waals surface area contributed by atoms with Crippen LogP contribution in [0.25, 0.3) is 27.7 Å². The summed E-state index contributed by atoms with van der Waals surface area (Å²) in [6.07, 6.45) is 3.06. The van der Waals surface area contributed by atoms with E-state index in [0.717, 1.165) is 32.4 Å². The fraction of sp³-hybridized carbons (Fsp3) is 0.333. The van der Waals surface area contributed by atoms with Crippen molar-refractivity contribution < 1.29 is 13.7 Å². The van der Waals surface area contributed by atoms with Crippen LogP contribution in [0.15, 0.2) is 26.8 Å². The van der Waals surface area contributed by atoms with Crippen LogP contribution in [0.3, 0.4) is 0 Å². The number of nitrogens with zero attached hydrogens (tertiary/aromatic N) is 2. The zero-order chi connectivity index (χ0) is 18.0. The SMILES string of the molecule is C=C1COc2c(N3CCCCC3)c(F)cc3c(=O)c4c(=O)[nH]oc4n1c23. The van der Waals surface area contributed by atoms with Crippen LogP contribution in [-0.2, 0) is 0 Å². The predicted octanol–water partition coefficient (Wildman–Crippen LogP) is 2.43. The van der Waals surface area contributed by atoms with Crippen LogP contribution in [0.2, 0.25) is 0 Å². The number of aromatic amines is 1. The number of benzene rings is 1. The standard InChI is InChI=1S/C18H16FN3O4/c1-9-8-25-16-13-10(7-11(19)14(16)21-5-3-2-4-6-21)15(23)12-17(24)20-26-18(12)22(9)13/h7H,1-6,8H2,(H,20,24). The molecule has 0 bridgehead atoms. The van der Waals surface area contributed by atoms with Gasteiger partial charge in [0.2, 0.25) is 11.1 Å². The van der Waals surface area contributed by atoms with Gasteiger partial charge in [-0.25, -0.2) is 4.39 Å². The molecule has 26 heavy (non-hydrogen) atoms. The lowest BCUT2D eigenvalue weighted by Gasteiger charge is -2.33. The number of piperidine rings is 1. The van der Waals surface area contributed by atoms with Crippen molar-refractivity contribution in [2.75, 3.05) is 24.6 Å². The molecule has 0 atom stereocenters. The molecule has 134 valence electrons. The van der Waals surface area contributed by atoms with Gasteiger partial charge in [-0.2, -0.15) is 5.16 Å². The molecule has 0 amide bonds. The molecule has 0 unspecified atom stereocenters. The van der Waals surface area contributed by atoms with E-state index >= 15 is 4.39 Å². The summed E-state index contributed by atoms with van der Waals surface area (Å²) in [5.74, 6) is -0.220. The Balaban J connectivity index is 1.97. The third-order valence-electron chi connectivity index (χ3n) is 5.13. The highest BCUT2D eigenvalue weighted by Crippen LogP contribution is 2.43. The van der Waals surface area contributed by atoms with Gasteiger partial charge in [0.25, 0.3) is 5.56 Å². The van der Waals surface area contributed by atoms with E-state index in [1.54, 1.807) is 4.57 Å². The number of pyridine rings is 1. The number of anilines is 1. The monoisotopic (exact) mass is 357 g/mol. The first-order valence-electron chi connectivity index (χ1n) is 8.56. The molecule has 0 aliphatic carbocycles. The molecule has 0 spiro atoms. The van der Waals surface area contributed by atoms with Crippen molar-refractivity contribution in [3.8, 4) is 5.75 Å². The Morgan fingerprint density at radius 2 is 1.96 bits per heavy atom. The minimum atomic E-state index is -0.642. The number of nitrogens with one attached hydrogen (secondary N) is 1. The van der Waals surface area contributed by atoms with Gasteiger partial charge in [0.05, 0.1) is 11.1 Å². The molecule has 2 aromatic heterocycles. The molecule has 3 aromatic rings. The molecule has 1 aromatic carbocycles. The molecular formula is C18H16FN3O4. The summed E-state index contributed by atoms with van der Waals surface area (Å²) in [4.78, 5) is 26.7. The Kier molecular flexibility index (Phi) is 3.07. The van der Waals surface area contributed by atoms with Crippen LogP contribution in [0.5, 0.6) is 5.75 Å². The van der Waals surface area contributed by atoms with E-state index in [9.17, 15) is 9.59 Å². The van der Waals surface area contributed by atoms with Gasteiger partial charge in [-0.05, 0) is 25.3 Å². The van der Waals surface area contributed by atoms with Crippen LogP contribution in [0.4, 0.5) is 10.1 Å². The van der Waals surface area contributed by atoms with Gasteiger partial charge in [-0.1, -0.05) is 6.58 Å². The summed E-state index contributed by atoms with van der Waals surface area (Å²) in [5, 5.41) is 2.13. The van der Waals surface area contributed by atoms with E-state index < -0.39 is 16.8 Å².